The smallest absolute Gasteiger partial charge is 0.124 e. The van der Waals surface area contributed by atoms with Gasteiger partial charge in [-0.1, -0.05) is 18.2 Å². The SMILES string of the molecule is CNC(C)c1ccccc1OCCN1CCOCC1. The molecule has 1 fully saturated rings. The molecule has 0 saturated carbocycles. The first-order chi connectivity index (χ1) is 9.31. The maximum absolute atomic E-state index is 5.94. The molecule has 0 radical (unpaired) electrons. The summed E-state index contributed by atoms with van der Waals surface area (Å²) in [6.45, 7) is 7.54. The van der Waals surface area contributed by atoms with E-state index in [1.165, 1.54) is 5.56 Å². The van der Waals surface area contributed by atoms with Crippen molar-refractivity contribution in [3.63, 3.8) is 0 Å². The summed E-state index contributed by atoms with van der Waals surface area (Å²) in [5.41, 5.74) is 1.21. The monoisotopic (exact) mass is 264 g/mol. The fourth-order valence-electron chi connectivity index (χ4n) is 2.23. The molecule has 0 bridgehead atoms. The molecule has 2 rings (SSSR count). The maximum Gasteiger partial charge on any atom is 0.124 e. The van der Waals surface area contributed by atoms with E-state index < -0.39 is 0 Å². The van der Waals surface area contributed by atoms with E-state index in [9.17, 15) is 0 Å². The van der Waals surface area contributed by atoms with Crippen molar-refractivity contribution >= 4 is 0 Å². The van der Waals surface area contributed by atoms with Crippen LogP contribution in [0.2, 0.25) is 0 Å². The van der Waals surface area contributed by atoms with Gasteiger partial charge >= 0.3 is 0 Å². The van der Waals surface area contributed by atoms with Gasteiger partial charge in [-0.2, -0.15) is 0 Å². The van der Waals surface area contributed by atoms with Crippen LogP contribution in [-0.2, 0) is 4.74 Å². The maximum atomic E-state index is 5.94. The van der Waals surface area contributed by atoms with E-state index in [0.29, 0.717) is 6.04 Å². The van der Waals surface area contributed by atoms with Crippen LogP contribution < -0.4 is 10.1 Å². The molecule has 1 aromatic rings. The van der Waals surface area contributed by atoms with Crippen LogP contribution in [0.5, 0.6) is 5.75 Å². The number of hydrogen-bond donors (Lipinski definition) is 1. The van der Waals surface area contributed by atoms with Gasteiger partial charge in [0.05, 0.1) is 13.2 Å². The molecule has 1 heterocycles. The van der Waals surface area contributed by atoms with E-state index >= 15 is 0 Å². The molecule has 1 N–H and O–H groups in total. The number of nitrogens with one attached hydrogen (secondary N) is 1. The topological polar surface area (TPSA) is 33.7 Å². The lowest BCUT2D eigenvalue weighted by molar-refractivity contribution is 0.0322. The highest BCUT2D eigenvalue weighted by Crippen LogP contribution is 2.24. The van der Waals surface area contributed by atoms with Crippen molar-refractivity contribution in [2.24, 2.45) is 0 Å². The van der Waals surface area contributed by atoms with Gasteiger partial charge in [-0.05, 0) is 20.0 Å². The van der Waals surface area contributed by atoms with Crippen molar-refractivity contribution in [1.82, 2.24) is 10.2 Å². The van der Waals surface area contributed by atoms with Crippen LogP contribution in [0.1, 0.15) is 18.5 Å². The molecule has 1 atom stereocenters. The number of morpholine rings is 1. The molecular weight excluding hydrogens is 240 g/mol. The van der Waals surface area contributed by atoms with Gasteiger partial charge in [-0.3, -0.25) is 4.90 Å². The average molecular weight is 264 g/mol. The molecule has 1 aliphatic heterocycles. The van der Waals surface area contributed by atoms with Crippen LogP contribution in [0, 0.1) is 0 Å². The Balaban J connectivity index is 1.84. The number of rotatable bonds is 6. The lowest BCUT2D eigenvalue weighted by Gasteiger charge is -2.26. The number of nitrogens with zero attached hydrogens (tertiary/aromatic N) is 1. The minimum absolute atomic E-state index is 0.305. The van der Waals surface area contributed by atoms with Crippen molar-refractivity contribution in [2.75, 3.05) is 46.5 Å². The third-order valence-corrected chi connectivity index (χ3v) is 3.59. The Morgan fingerprint density at radius 3 is 2.79 bits per heavy atom. The summed E-state index contributed by atoms with van der Waals surface area (Å²) in [6.07, 6.45) is 0. The van der Waals surface area contributed by atoms with Gasteiger partial charge in [-0.15, -0.1) is 0 Å². The summed E-state index contributed by atoms with van der Waals surface area (Å²) in [4.78, 5) is 2.38. The Hall–Kier alpha value is -1.10. The number of hydrogen-bond acceptors (Lipinski definition) is 4. The molecule has 4 nitrogen and oxygen atoms in total. The number of benzene rings is 1. The summed E-state index contributed by atoms with van der Waals surface area (Å²) >= 11 is 0. The summed E-state index contributed by atoms with van der Waals surface area (Å²) in [5, 5.41) is 3.25. The molecule has 1 aromatic carbocycles. The van der Waals surface area contributed by atoms with Crippen LogP contribution in [0.25, 0.3) is 0 Å². The summed E-state index contributed by atoms with van der Waals surface area (Å²) < 4.78 is 11.3. The highest BCUT2D eigenvalue weighted by molar-refractivity contribution is 5.35. The van der Waals surface area contributed by atoms with Gasteiger partial charge in [0.1, 0.15) is 12.4 Å². The Bertz CT molecular complexity index is 378. The second-order valence-electron chi connectivity index (χ2n) is 4.85. The van der Waals surface area contributed by atoms with Gasteiger partial charge in [-0.25, -0.2) is 0 Å². The van der Waals surface area contributed by atoms with Crippen LogP contribution in [0.15, 0.2) is 24.3 Å². The largest absolute Gasteiger partial charge is 0.492 e. The van der Waals surface area contributed by atoms with E-state index in [4.69, 9.17) is 9.47 Å². The van der Waals surface area contributed by atoms with Crippen molar-refractivity contribution in [3.05, 3.63) is 29.8 Å². The van der Waals surface area contributed by atoms with Crippen LogP contribution in [-0.4, -0.2) is 51.4 Å². The number of para-hydroxylation sites is 1. The standard InChI is InChI=1S/C15H24N2O2/c1-13(16-2)14-5-3-4-6-15(14)19-12-9-17-7-10-18-11-8-17/h3-6,13,16H,7-12H2,1-2H3. The first kappa shape index (κ1) is 14.3. The Morgan fingerprint density at radius 2 is 2.05 bits per heavy atom. The van der Waals surface area contributed by atoms with Crippen molar-refractivity contribution in [3.8, 4) is 5.75 Å². The Labute approximate surface area is 115 Å². The first-order valence-electron chi connectivity index (χ1n) is 7.00. The molecule has 0 spiro atoms. The molecule has 0 aromatic heterocycles. The van der Waals surface area contributed by atoms with E-state index in [1.54, 1.807) is 0 Å². The quantitative estimate of drug-likeness (QED) is 0.847. The van der Waals surface area contributed by atoms with Crippen molar-refractivity contribution < 1.29 is 9.47 Å². The fraction of sp³-hybridized carbons (Fsp3) is 0.600. The van der Waals surface area contributed by atoms with Gasteiger partial charge in [0, 0.05) is 31.2 Å². The molecular formula is C15H24N2O2. The molecule has 1 aliphatic rings. The van der Waals surface area contributed by atoms with Crippen LogP contribution >= 0.6 is 0 Å². The first-order valence-corrected chi connectivity index (χ1v) is 7.00. The second-order valence-corrected chi connectivity index (χ2v) is 4.85. The zero-order valence-electron chi connectivity index (χ0n) is 11.9. The average Bonchev–Trinajstić information content (AvgIpc) is 2.48. The minimum Gasteiger partial charge on any atom is -0.492 e. The Kier molecular flexibility index (Phi) is 5.63. The predicted molar refractivity (Wildman–Crippen MR) is 76.7 cm³/mol. The highest BCUT2D eigenvalue weighted by atomic mass is 16.5. The van der Waals surface area contributed by atoms with Gasteiger partial charge < -0.3 is 14.8 Å². The molecule has 1 unspecified atom stereocenters. The molecule has 19 heavy (non-hydrogen) atoms. The summed E-state index contributed by atoms with van der Waals surface area (Å²) in [7, 11) is 1.97. The van der Waals surface area contributed by atoms with Gasteiger partial charge in [0.25, 0.3) is 0 Å². The highest BCUT2D eigenvalue weighted by Gasteiger charge is 2.12. The zero-order chi connectivity index (χ0) is 13.5. The van der Waals surface area contributed by atoms with Crippen molar-refractivity contribution in [1.29, 1.82) is 0 Å². The predicted octanol–water partition coefficient (Wildman–Crippen LogP) is 1.68. The molecule has 0 aliphatic carbocycles. The molecule has 106 valence electrons. The third-order valence-electron chi connectivity index (χ3n) is 3.59. The minimum atomic E-state index is 0.305. The molecule has 4 heteroatoms. The van der Waals surface area contributed by atoms with E-state index in [2.05, 4.69) is 29.3 Å². The number of ether oxygens (including phenoxy) is 2. The fourth-order valence-corrected chi connectivity index (χ4v) is 2.23. The van der Waals surface area contributed by atoms with E-state index in [0.717, 1.165) is 45.2 Å². The van der Waals surface area contributed by atoms with E-state index in [-0.39, 0.29) is 0 Å². The zero-order valence-corrected chi connectivity index (χ0v) is 11.9. The van der Waals surface area contributed by atoms with Gasteiger partial charge in [0.2, 0.25) is 0 Å². The lowest BCUT2D eigenvalue weighted by Crippen LogP contribution is -2.38. The van der Waals surface area contributed by atoms with Crippen molar-refractivity contribution in [2.45, 2.75) is 13.0 Å². The van der Waals surface area contributed by atoms with Crippen LogP contribution in [0.3, 0.4) is 0 Å². The molecule has 1 saturated heterocycles. The normalized spacial score (nSPS) is 18.2. The third kappa shape index (κ3) is 4.20. The Morgan fingerprint density at radius 1 is 1.32 bits per heavy atom. The van der Waals surface area contributed by atoms with Gasteiger partial charge in [0.15, 0.2) is 0 Å². The summed E-state index contributed by atoms with van der Waals surface area (Å²) in [6, 6.07) is 8.54. The molecule has 0 amide bonds. The second kappa shape index (κ2) is 7.48. The lowest BCUT2D eigenvalue weighted by atomic mass is 10.1. The summed E-state index contributed by atoms with van der Waals surface area (Å²) in [5.74, 6) is 0.984. The van der Waals surface area contributed by atoms with E-state index in [1.807, 2.05) is 19.2 Å². The van der Waals surface area contributed by atoms with Crippen LogP contribution in [0.4, 0.5) is 0 Å².